The number of aromatic amines is 1. The maximum Gasteiger partial charge on any atom is 0.274 e. The summed E-state index contributed by atoms with van der Waals surface area (Å²) in [7, 11) is 0. The van der Waals surface area contributed by atoms with Crippen LogP contribution < -0.4 is 10.9 Å². The normalized spacial score (nSPS) is 14.1. The van der Waals surface area contributed by atoms with Crippen molar-refractivity contribution in [3.8, 4) is 0 Å². The van der Waals surface area contributed by atoms with Gasteiger partial charge in [0.2, 0.25) is 0 Å². The van der Waals surface area contributed by atoms with Crippen LogP contribution in [0.3, 0.4) is 0 Å². The molecule has 7 heteroatoms. The molecule has 1 aliphatic rings. The van der Waals surface area contributed by atoms with Gasteiger partial charge in [-0.3, -0.25) is 9.89 Å². The third kappa shape index (κ3) is 2.82. The van der Waals surface area contributed by atoms with Gasteiger partial charge in [-0.05, 0) is 25.0 Å². The van der Waals surface area contributed by atoms with Crippen LogP contribution in [0.4, 0.5) is 5.69 Å². The molecule has 1 aromatic carbocycles. The van der Waals surface area contributed by atoms with E-state index in [0.29, 0.717) is 23.8 Å². The quantitative estimate of drug-likeness (QED) is 0.764. The molecule has 0 aliphatic carbocycles. The molecule has 0 radical (unpaired) electrons. The van der Waals surface area contributed by atoms with Gasteiger partial charge in [-0.2, -0.15) is 9.50 Å². The number of para-hydroxylation sites is 1. The third-order valence-electron chi connectivity index (χ3n) is 3.93. The summed E-state index contributed by atoms with van der Waals surface area (Å²) >= 11 is 1.74. The summed E-state index contributed by atoms with van der Waals surface area (Å²) in [5.41, 5.74) is 2.72. The van der Waals surface area contributed by atoms with E-state index in [2.05, 4.69) is 26.5 Å². The zero-order valence-corrected chi connectivity index (χ0v) is 14.1. The molecule has 2 aromatic heterocycles. The molecule has 0 saturated heterocycles. The second-order valence-corrected chi connectivity index (χ2v) is 6.80. The second-order valence-electron chi connectivity index (χ2n) is 5.67. The minimum atomic E-state index is -0.149. The number of aryl methyl sites for hydroxylation is 1. The molecule has 0 spiro atoms. The van der Waals surface area contributed by atoms with Gasteiger partial charge in [0.25, 0.3) is 11.3 Å². The Morgan fingerprint density at radius 1 is 1.33 bits per heavy atom. The van der Waals surface area contributed by atoms with E-state index in [4.69, 9.17) is 0 Å². The first kappa shape index (κ1) is 15.0. The fraction of sp³-hybridized carbons (Fsp3) is 0.235. The Hall–Kier alpha value is -2.54. The highest BCUT2D eigenvalue weighted by atomic mass is 32.2. The average molecular weight is 339 g/mol. The summed E-state index contributed by atoms with van der Waals surface area (Å²) in [6, 6.07) is 9.57. The Labute approximate surface area is 143 Å². The zero-order chi connectivity index (χ0) is 16.5. The van der Waals surface area contributed by atoms with E-state index in [0.717, 1.165) is 28.3 Å². The molecule has 0 unspecified atom stereocenters. The van der Waals surface area contributed by atoms with Crippen molar-refractivity contribution in [1.82, 2.24) is 19.6 Å². The molecule has 0 amide bonds. The highest BCUT2D eigenvalue weighted by molar-refractivity contribution is 8.08. The van der Waals surface area contributed by atoms with Crippen LogP contribution in [0, 0.1) is 6.92 Å². The molecule has 122 valence electrons. The fourth-order valence-corrected chi connectivity index (χ4v) is 3.59. The Morgan fingerprint density at radius 3 is 3.00 bits per heavy atom. The van der Waals surface area contributed by atoms with E-state index in [1.54, 1.807) is 11.8 Å². The van der Waals surface area contributed by atoms with Crippen LogP contribution in [0.5, 0.6) is 0 Å². The maximum atomic E-state index is 12.3. The molecule has 0 fully saturated rings. The Kier molecular flexibility index (Phi) is 3.86. The van der Waals surface area contributed by atoms with Crippen LogP contribution in [0.2, 0.25) is 0 Å². The summed E-state index contributed by atoms with van der Waals surface area (Å²) in [5.74, 6) is 2.18. The Morgan fingerprint density at radius 2 is 2.21 bits per heavy atom. The molecule has 1 aliphatic heterocycles. The van der Waals surface area contributed by atoms with E-state index in [9.17, 15) is 4.79 Å². The summed E-state index contributed by atoms with van der Waals surface area (Å²) in [5, 5.41) is 6.36. The molecule has 2 N–H and O–H groups in total. The summed E-state index contributed by atoms with van der Waals surface area (Å²) in [6.07, 6.45) is 3.17. The number of nitrogens with zero attached hydrogens (tertiary/aromatic N) is 3. The number of hydrogen-bond acceptors (Lipinski definition) is 5. The van der Waals surface area contributed by atoms with Crippen molar-refractivity contribution in [3.05, 3.63) is 63.8 Å². The first-order valence-corrected chi connectivity index (χ1v) is 8.81. The molecule has 0 saturated carbocycles. The van der Waals surface area contributed by atoms with Crippen LogP contribution >= 0.6 is 11.8 Å². The van der Waals surface area contributed by atoms with E-state index >= 15 is 0 Å². The SMILES string of the molecule is Cc1ccccc1NCc1cc(=O)n2[nH]c(C3=CCCS3)nc2n1. The molecule has 24 heavy (non-hydrogen) atoms. The van der Waals surface area contributed by atoms with E-state index in [-0.39, 0.29) is 5.56 Å². The number of H-pyrrole nitrogens is 1. The lowest BCUT2D eigenvalue weighted by molar-refractivity contribution is 0.873. The second kappa shape index (κ2) is 6.16. The van der Waals surface area contributed by atoms with E-state index in [1.807, 2.05) is 31.2 Å². The van der Waals surface area contributed by atoms with Crippen molar-refractivity contribution in [2.45, 2.75) is 19.9 Å². The van der Waals surface area contributed by atoms with E-state index < -0.39 is 0 Å². The molecule has 6 nitrogen and oxygen atoms in total. The minimum Gasteiger partial charge on any atom is -0.379 e. The topological polar surface area (TPSA) is 75.1 Å². The van der Waals surface area contributed by atoms with Gasteiger partial charge in [0, 0.05) is 22.4 Å². The molecule has 4 rings (SSSR count). The molecular formula is C17H17N5OS. The van der Waals surface area contributed by atoms with Gasteiger partial charge in [-0.1, -0.05) is 24.3 Å². The summed E-state index contributed by atoms with van der Waals surface area (Å²) in [6.45, 7) is 2.52. The number of fused-ring (bicyclic) bond motifs is 1. The largest absolute Gasteiger partial charge is 0.379 e. The lowest BCUT2D eigenvalue weighted by Gasteiger charge is -2.08. The minimum absolute atomic E-state index is 0.149. The monoisotopic (exact) mass is 339 g/mol. The first-order valence-electron chi connectivity index (χ1n) is 7.82. The number of aromatic nitrogens is 4. The van der Waals surface area contributed by atoms with Gasteiger partial charge in [0.1, 0.15) is 0 Å². The van der Waals surface area contributed by atoms with Gasteiger partial charge < -0.3 is 5.32 Å². The average Bonchev–Trinajstić information content (AvgIpc) is 3.23. The molecule has 0 bridgehead atoms. The first-order chi connectivity index (χ1) is 11.7. The Balaban J connectivity index is 1.62. The van der Waals surface area contributed by atoms with Crippen LogP contribution in [-0.2, 0) is 6.54 Å². The Bertz CT molecular complexity index is 988. The lowest BCUT2D eigenvalue weighted by Crippen LogP contribution is -2.17. The predicted molar refractivity (Wildman–Crippen MR) is 97.2 cm³/mol. The number of nitrogens with one attached hydrogen (secondary N) is 2. The number of benzene rings is 1. The van der Waals surface area contributed by atoms with Crippen molar-refractivity contribution >= 4 is 28.1 Å². The van der Waals surface area contributed by atoms with Crippen LogP contribution in [0.1, 0.15) is 23.5 Å². The van der Waals surface area contributed by atoms with Crippen LogP contribution in [0.25, 0.3) is 10.7 Å². The van der Waals surface area contributed by atoms with Gasteiger partial charge in [0.15, 0.2) is 5.82 Å². The highest BCUT2D eigenvalue weighted by Crippen LogP contribution is 2.31. The summed E-state index contributed by atoms with van der Waals surface area (Å²) < 4.78 is 1.40. The molecule has 3 heterocycles. The lowest BCUT2D eigenvalue weighted by atomic mass is 10.2. The predicted octanol–water partition coefficient (Wildman–Crippen LogP) is 2.82. The third-order valence-corrected chi connectivity index (χ3v) is 5.04. The zero-order valence-electron chi connectivity index (χ0n) is 13.2. The summed E-state index contributed by atoms with van der Waals surface area (Å²) in [4.78, 5) is 22.3. The molecule has 3 aromatic rings. The highest BCUT2D eigenvalue weighted by Gasteiger charge is 2.14. The van der Waals surface area contributed by atoms with Crippen molar-refractivity contribution < 1.29 is 0 Å². The van der Waals surface area contributed by atoms with Crippen molar-refractivity contribution in [1.29, 1.82) is 0 Å². The number of anilines is 1. The fourth-order valence-electron chi connectivity index (χ4n) is 2.67. The van der Waals surface area contributed by atoms with Gasteiger partial charge in [0.05, 0.1) is 12.2 Å². The number of thioether (sulfide) groups is 1. The van der Waals surface area contributed by atoms with Gasteiger partial charge >= 0.3 is 0 Å². The van der Waals surface area contributed by atoms with Crippen molar-refractivity contribution in [3.63, 3.8) is 0 Å². The standard InChI is InChI=1S/C17H17N5OS/c1-11-5-2-3-6-13(11)18-10-12-9-15(23)22-17(19-12)20-16(21-22)14-7-4-8-24-14/h2-3,5-7,9,18H,4,8,10H2,1H3,(H,19,20,21). The van der Waals surface area contributed by atoms with Gasteiger partial charge in [-0.15, -0.1) is 11.8 Å². The van der Waals surface area contributed by atoms with Gasteiger partial charge in [-0.25, -0.2) is 4.98 Å². The maximum absolute atomic E-state index is 12.3. The van der Waals surface area contributed by atoms with E-state index in [1.165, 1.54) is 10.6 Å². The van der Waals surface area contributed by atoms with Crippen molar-refractivity contribution in [2.75, 3.05) is 11.1 Å². The van der Waals surface area contributed by atoms with Crippen LogP contribution in [-0.4, -0.2) is 25.3 Å². The number of allylic oxidation sites excluding steroid dienone is 1. The number of hydrogen-bond donors (Lipinski definition) is 2. The molecular weight excluding hydrogens is 322 g/mol. The van der Waals surface area contributed by atoms with Crippen molar-refractivity contribution in [2.24, 2.45) is 0 Å². The number of rotatable bonds is 4. The smallest absolute Gasteiger partial charge is 0.274 e. The molecule has 0 atom stereocenters. The van der Waals surface area contributed by atoms with Crippen LogP contribution in [0.15, 0.2) is 41.2 Å².